The van der Waals surface area contributed by atoms with Crippen molar-refractivity contribution in [2.75, 3.05) is 11.9 Å². The Bertz CT molecular complexity index is 421. The van der Waals surface area contributed by atoms with Crippen molar-refractivity contribution in [1.82, 2.24) is 0 Å². The van der Waals surface area contributed by atoms with Crippen LogP contribution in [0.3, 0.4) is 0 Å². The molecule has 0 aliphatic carbocycles. The van der Waals surface area contributed by atoms with Gasteiger partial charge in [0.2, 0.25) is 0 Å². The van der Waals surface area contributed by atoms with Gasteiger partial charge in [0, 0.05) is 24.8 Å². The summed E-state index contributed by atoms with van der Waals surface area (Å²) >= 11 is 2.01. The SMILES string of the molecule is CC(C)C(C)N(C)c1ccc([N+](=O)[O-])c(I)c1. The third kappa shape index (κ3) is 3.31. The van der Waals surface area contributed by atoms with Crippen molar-refractivity contribution < 1.29 is 4.92 Å². The maximum atomic E-state index is 10.7. The summed E-state index contributed by atoms with van der Waals surface area (Å²) in [6, 6.07) is 5.63. The summed E-state index contributed by atoms with van der Waals surface area (Å²) in [5.74, 6) is 0.535. The normalized spacial score (nSPS) is 12.6. The largest absolute Gasteiger partial charge is 0.372 e. The van der Waals surface area contributed by atoms with E-state index in [1.54, 1.807) is 12.1 Å². The van der Waals surface area contributed by atoms with Crippen LogP contribution in [0.25, 0.3) is 0 Å². The van der Waals surface area contributed by atoms with E-state index < -0.39 is 0 Å². The summed E-state index contributed by atoms with van der Waals surface area (Å²) in [5, 5.41) is 10.7. The molecule has 94 valence electrons. The fourth-order valence-electron chi connectivity index (χ4n) is 1.55. The van der Waals surface area contributed by atoms with E-state index in [-0.39, 0.29) is 10.6 Å². The van der Waals surface area contributed by atoms with E-state index in [2.05, 4.69) is 25.7 Å². The molecule has 0 aliphatic rings. The Balaban J connectivity index is 3.01. The molecule has 1 unspecified atom stereocenters. The number of hydrogen-bond acceptors (Lipinski definition) is 3. The molecule has 17 heavy (non-hydrogen) atoms. The van der Waals surface area contributed by atoms with Gasteiger partial charge < -0.3 is 4.90 Å². The van der Waals surface area contributed by atoms with Crippen LogP contribution in [-0.2, 0) is 0 Å². The van der Waals surface area contributed by atoms with E-state index in [9.17, 15) is 10.1 Å². The second kappa shape index (κ2) is 5.66. The van der Waals surface area contributed by atoms with Crippen molar-refractivity contribution in [3.8, 4) is 0 Å². The zero-order valence-corrected chi connectivity index (χ0v) is 12.6. The molecule has 0 aliphatic heterocycles. The Labute approximate surface area is 115 Å². The molecule has 1 aromatic rings. The Kier molecular flexibility index (Phi) is 4.73. The van der Waals surface area contributed by atoms with Crippen LogP contribution in [0.4, 0.5) is 11.4 Å². The van der Waals surface area contributed by atoms with Crippen LogP contribution in [0.5, 0.6) is 0 Å². The number of benzene rings is 1. The summed E-state index contributed by atoms with van der Waals surface area (Å²) in [6.45, 7) is 6.48. The summed E-state index contributed by atoms with van der Waals surface area (Å²) in [4.78, 5) is 12.5. The Hall–Kier alpha value is -0.850. The van der Waals surface area contributed by atoms with E-state index in [0.717, 1.165) is 5.69 Å². The molecule has 0 spiro atoms. The van der Waals surface area contributed by atoms with Gasteiger partial charge in [-0.3, -0.25) is 10.1 Å². The molecular formula is C12H17IN2O2. The quantitative estimate of drug-likeness (QED) is 0.474. The maximum absolute atomic E-state index is 10.7. The summed E-state index contributed by atoms with van der Waals surface area (Å²) in [5.41, 5.74) is 1.18. The fourth-order valence-corrected chi connectivity index (χ4v) is 2.24. The van der Waals surface area contributed by atoms with Gasteiger partial charge in [0.05, 0.1) is 8.49 Å². The molecule has 0 bridgehead atoms. The summed E-state index contributed by atoms with van der Waals surface area (Å²) < 4.78 is 0.674. The molecular weight excluding hydrogens is 331 g/mol. The third-order valence-electron chi connectivity index (χ3n) is 3.11. The second-order valence-corrected chi connectivity index (χ2v) is 5.65. The van der Waals surface area contributed by atoms with Crippen LogP contribution in [0, 0.1) is 19.6 Å². The lowest BCUT2D eigenvalue weighted by molar-refractivity contribution is -0.385. The second-order valence-electron chi connectivity index (χ2n) is 4.49. The Morgan fingerprint density at radius 1 is 1.35 bits per heavy atom. The van der Waals surface area contributed by atoms with Gasteiger partial charge in [0.1, 0.15) is 0 Å². The Morgan fingerprint density at radius 3 is 2.35 bits per heavy atom. The predicted molar refractivity (Wildman–Crippen MR) is 78.5 cm³/mol. The smallest absolute Gasteiger partial charge is 0.282 e. The minimum Gasteiger partial charge on any atom is -0.372 e. The van der Waals surface area contributed by atoms with E-state index >= 15 is 0 Å². The lowest BCUT2D eigenvalue weighted by Gasteiger charge is -2.30. The molecule has 1 rings (SSSR count). The van der Waals surface area contributed by atoms with Gasteiger partial charge in [-0.05, 0) is 47.6 Å². The first kappa shape index (κ1) is 14.2. The van der Waals surface area contributed by atoms with Gasteiger partial charge in [-0.2, -0.15) is 0 Å². The monoisotopic (exact) mass is 348 g/mol. The number of nitrogens with zero attached hydrogens (tertiary/aromatic N) is 2. The lowest BCUT2D eigenvalue weighted by atomic mass is 10.0. The van der Waals surface area contributed by atoms with Crippen LogP contribution in [0.2, 0.25) is 0 Å². The van der Waals surface area contributed by atoms with E-state index in [1.165, 1.54) is 0 Å². The highest BCUT2D eigenvalue weighted by Crippen LogP contribution is 2.27. The minimum absolute atomic E-state index is 0.167. The van der Waals surface area contributed by atoms with Gasteiger partial charge in [-0.25, -0.2) is 0 Å². The molecule has 0 amide bonds. The van der Waals surface area contributed by atoms with Crippen LogP contribution < -0.4 is 4.90 Å². The first-order valence-corrected chi connectivity index (χ1v) is 6.59. The highest BCUT2D eigenvalue weighted by molar-refractivity contribution is 14.1. The highest BCUT2D eigenvalue weighted by atomic mass is 127. The van der Waals surface area contributed by atoms with Gasteiger partial charge in [-0.15, -0.1) is 0 Å². The number of nitro benzene ring substituents is 1. The number of hydrogen-bond donors (Lipinski definition) is 0. The molecule has 0 aromatic heterocycles. The molecule has 1 aromatic carbocycles. The molecule has 0 N–H and O–H groups in total. The molecule has 0 saturated carbocycles. The van der Waals surface area contributed by atoms with Crippen molar-refractivity contribution in [3.05, 3.63) is 31.9 Å². The first-order valence-electron chi connectivity index (χ1n) is 5.51. The van der Waals surface area contributed by atoms with Crippen molar-refractivity contribution in [1.29, 1.82) is 0 Å². The molecule has 0 radical (unpaired) electrons. The van der Waals surface area contributed by atoms with Crippen LogP contribution in [-0.4, -0.2) is 18.0 Å². The van der Waals surface area contributed by atoms with Gasteiger partial charge in [0.25, 0.3) is 5.69 Å². The van der Waals surface area contributed by atoms with E-state index in [1.807, 2.05) is 35.7 Å². The lowest BCUT2D eigenvalue weighted by Crippen LogP contribution is -2.33. The average Bonchev–Trinajstić information content (AvgIpc) is 2.26. The van der Waals surface area contributed by atoms with Crippen LogP contribution >= 0.6 is 22.6 Å². The van der Waals surface area contributed by atoms with Crippen LogP contribution in [0.1, 0.15) is 20.8 Å². The molecule has 1 atom stereocenters. The molecule has 4 nitrogen and oxygen atoms in total. The molecule has 0 heterocycles. The van der Waals surface area contributed by atoms with Gasteiger partial charge in [0.15, 0.2) is 0 Å². The molecule has 5 heteroatoms. The summed E-state index contributed by atoms with van der Waals surface area (Å²) in [6.07, 6.45) is 0. The van der Waals surface area contributed by atoms with Crippen molar-refractivity contribution in [2.45, 2.75) is 26.8 Å². The predicted octanol–water partition coefficient (Wildman–Crippen LogP) is 3.68. The zero-order valence-electron chi connectivity index (χ0n) is 10.5. The number of nitro groups is 1. The highest BCUT2D eigenvalue weighted by Gasteiger charge is 2.17. The summed E-state index contributed by atoms with van der Waals surface area (Å²) in [7, 11) is 2.02. The fraction of sp³-hybridized carbons (Fsp3) is 0.500. The zero-order chi connectivity index (χ0) is 13.2. The van der Waals surface area contributed by atoms with Crippen molar-refractivity contribution >= 4 is 34.0 Å². The van der Waals surface area contributed by atoms with Crippen LogP contribution in [0.15, 0.2) is 18.2 Å². The van der Waals surface area contributed by atoms with E-state index in [4.69, 9.17) is 0 Å². The first-order chi connectivity index (χ1) is 7.84. The number of anilines is 1. The van der Waals surface area contributed by atoms with Gasteiger partial charge in [-0.1, -0.05) is 13.8 Å². The number of halogens is 1. The minimum atomic E-state index is -0.350. The standard InChI is InChI=1S/C12H17IN2O2/c1-8(2)9(3)14(4)10-5-6-12(15(16)17)11(13)7-10/h5-9H,1-4H3. The average molecular weight is 348 g/mol. The number of rotatable bonds is 4. The third-order valence-corrected chi connectivity index (χ3v) is 3.97. The van der Waals surface area contributed by atoms with Gasteiger partial charge >= 0.3 is 0 Å². The molecule has 0 fully saturated rings. The maximum Gasteiger partial charge on any atom is 0.282 e. The Morgan fingerprint density at radius 2 is 1.94 bits per heavy atom. The molecule has 0 saturated heterocycles. The topological polar surface area (TPSA) is 46.4 Å². The van der Waals surface area contributed by atoms with Crippen molar-refractivity contribution in [3.63, 3.8) is 0 Å². The van der Waals surface area contributed by atoms with Crippen molar-refractivity contribution in [2.24, 2.45) is 5.92 Å². The van der Waals surface area contributed by atoms with E-state index in [0.29, 0.717) is 15.5 Å².